The second-order valence-electron chi connectivity index (χ2n) is 9.94. The molecule has 0 saturated heterocycles. The van der Waals surface area contributed by atoms with Crippen molar-refractivity contribution < 1.29 is 4.57 Å². The quantitative estimate of drug-likeness (QED) is 0.274. The topological polar surface area (TPSA) is 3.88 Å². The standard InChI is InChI=1S/C30H26N/c1-18-23-16-19-10-4-5-11-20(19)17-24(23)26-21-12-6-7-13-22(21)27-25-14-8-9-15-31(25)30(2,3)29(18)28(26)27/h4-15,27H,16-17H2,1-3H3/q+1. The Bertz CT molecular complexity index is 1420. The predicted molar refractivity (Wildman–Crippen MR) is 125 cm³/mol. The minimum Gasteiger partial charge on any atom is -0.192 e. The van der Waals surface area contributed by atoms with E-state index in [0.29, 0.717) is 5.92 Å². The van der Waals surface area contributed by atoms with E-state index in [-0.39, 0.29) is 5.54 Å². The number of aromatic nitrogens is 1. The zero-order chi connectivity index (χ0) is 20.9. The van der Waals surface area contributed by atoms with Crippen LogP contribution in [0.4, 0.5) is 0 Å². The molecule has 0 fully saturated rings. The molecule has 1 unspecified atom stereocenters. The summed E-state index contributed by atoms with van der Waals surface area (Å²) in [6.45, 7) is 7.20. The van der Waals surface area contributed by atoms with Gasteiger partial charge in [0.15, 0.2) is 17.4 Å². The van der Waals surface area contributed by atoms with Gasteiger partial charge >= 0.3 is 0 Å². The average Bonchev–Trinajstić information content (AvgIpc) is 3.12. The number of pyridine rings is 1. The summed E-state index contributed by atoms with van der Waals surface area (Å²) in [5, 5.41) is 0. The number of rotatable bonds is 0. The Morgan fingerprint density at radius 1 is 0.806 bits per heavy atom. The molecule has 3 aromatic carbocycles. The van der Waals surface area contributed by atoms with Crippen molar-refractivity contribution >= 4 is 0 Å². The number of nitrogens with zero attached hydrogens (tertiary/aromatic N) is 1. The molecule has 0 bridgehead atoms. The molecule has 7 rings (SSSR count). The summed E-state index contributed by atoms with van der Waals surface area (Å²) in [5.74, 6) is 0.330. The molecule has 1 nitrogen and oxygen atoms in total. The van der Waals surface area contributed by atoms with Gasteiger partial charge < -0.3 is 0 Å². The average molecular weight is 401 g/mol. The van der Waals surface area contributed by atoms with E-state index in [1.807, 2.05) is 0 Å². The number of hydrogen-bond acceptors (Lipinski definition) is 0. The molecular formula is C30H26N+. The largest absolute Gasteiger partial charge is 0.194 e. The van der Waals surface area contributed by atoms with Crippen LogP contribution < -0.4 is 4.57 Å². The van der Waals surface area contributed by atoms with Gasteiger partial charge in [0.2, 0.25) is 0 Å². The molecule has 2 heterocycles. The van der Waals surface area contributed by atoms with Gasteiger partial charge in [0, 0.05) is 31.5 Å². The summed E-state index contributed by atoms with van der Waals surface area (Å²) in [4.78, 5) is 0. The van der Waals surface area contributed by atoms with Crippen LogP contribution >= 0.6 is 0 Å². The first-order valence-corrected chi connectivity index (χ1v) is 11.4. The molecule has 31 heavy (non-hydrogen) atoms. The third kappa shape index (κ3) is 2.05. The fraction of sp³-hybridized carbons (Fsp3) is 0.233. The van der Waals surface area contributed by atoms with Crippen LogP contribution in [0, 0.1) is 6.92 Å². The third-order valence-electron chi connectivity index (χ3n) is 8.12. The highest BCUT2D eigenvalue weighted by molar-refractivity contribution is 5.87. The van der Waals surface area contributed by atoms with E-state index in [1.54, 1.807) is 22.3 Å². The maximum absolute atomic E-state index is 2.53. The molecule has 0 amide bonds. The summed E-state index contributed by atoms with van der Waals surface area (Å²) in [7, 11) is 0. The molecule has 0 N–H and O–H groups in total. The zero-order valence-electron chi connectivity index (χ0n) is 18.4. The van der Waals surface area contributed by atoms with Crippen molar-refractivity contribution in [1.29, 1.82) is 0 Å². The van der Waals surface area contributed by atoms with Crippen LogP contribution in [0.15, 0.2) is 72.9 Å². The Labute approximate surface area is 184 Å². The lowest BCUT2D eigenvalue weighted by Crippen LogP contribution is -2.59. The van der Waals surface area contributed by atoms with Crippen molar-refractivity contribution in [3.63, 3.8) is 0 Å². The number of benzene rings is 3. The molecule has 0 spiro atoms. The Hall–Kier alpha value is -3.19. The smallest absolute Gasteiger partial charge is 0.192 e. The Morgan fingerprint density at radius 2 is 1.48 bits per heavy atom. The summed E-state index contributed by atoms with van der Waals surface area (Å²) in [6.07, 6.45) is 4.38. The van der Waals surface area contributed by atoms with Gasteiger partial charge in [-0.3, -0.25) is 0 Å². The van der Waals surface area contributed by atoms with Crippen LogP contribution in [0.3, 0.4) is 0 Å². The molecule has 3 aliphatic rings. The normalized spacial score (nSPS) is 18.5. The fourth-order valence-corrected chi connectivity index (χ4v) is 6.88. The van der Waals surface area contributed by atoms with Crippen molar-refractivity contribution in [1.82, 2.24) is 0 Å². The van der Waals surface area contributed by atoms with Crippen LogP contribution in [-0.2, 0) is 18.4 Å². The second-order valence-corrected chi connectivity index (χ2v) is 9.94. The lowest BCUT2D eigenvalue weighted by molar-refractivity contribution is -0.756. The Balaban J connectivity index is 1.65. The highest BCUT2D eigenvalue weighted by Gasteiger charge is 2.51. The maximum atomic E-state index is 2.53. The predicted octanol–water partition coefficient (Wildman–Crippen LogP) is 6.03. The van der Waals surface area contributed by atoms with E-state index in [2.05, 4.69) is 98.3 Å². The van der Waals surface area contributed by atoms with Gasteiger partial charge in [-0.15, -0.1) is 0 Å². The molecule has 2 aliphatic carbocycles. The highest BCUT2D eigenvalue weighted by Crippen LogP contribution is 2.56. The Morgan fingerprint density at radius 3 is 2.29 bits per heavy atom. The monoisotopic (exact) mass is 400 g/mol. The first-order chi connectivity index (χ1) is 15.1. The van der Waals surface area contributed by atoms with Crippen LogP contribution in [0.25, 0.3) is 11.1 Å². The van der Waals surface area contributed by atoms with Gasteiger partial charge in [-0.2, -0.15) is 4.57 Å². The molecular weight excluding hydrogens is 374 g/mol. The molecule has 0 radical (unpaired) electrons. The summed E-state index contributed by atoms with van der Waals surface area (Å²) in [6, 6.07) is 24.9. The first-order valence-electron chi connectivity index (χ1n) is 11.4. The summed E-state index contributed by atoms with van der Waals surface area (Å²) in [5.41, 5.74) is 16.6. The van der Waals surface area contributed by atoms with E-state index in [4.69, 9.17) is 0 Å². The van der Waals surface area contributed by atoms with Gasteiger partial charge in [-0.1, -0.05) is 54.6 Å². The highest BCUT2D eigenvalue weighted by atomic mass is 15.1. The minimum absolute atomic E-state index is 0.0741. The minimum atomic E-state index is -0.0741. The van der Waals surface area contributed by atoms with E-state index in [1.165, 1.54) is 39.1 Å². The van der Waals surface area contributed by atoms with Crippen LogP contribution in [0.1, 0.15) is 70.0 Å². The van der Waals surface area contributed by atoms with Crippen LogP contribution in [0.5, 0.6) is 0 Å². The van der Waals surface area contributed by atoms with Gasteiger partial charge in [0.05, 0.1) is 5.92 Å². The van der Waals surface area contributed by atoms with Gasteiger partial charge in [0.25, 0.3) is 0 Å². The second kappa shape index (κ2) is 5.73. The molecule has 0 saturated carbocycles. The van der Waals surface area contributed by atoms with Crippen molar-refractivity contribution in [2.24, 2.45) is 0 Å². The molecule has 4 aromatic rings. The Kier molecular flexibility index (Phi) is 3.23. The summed E-state index contributed by atoms with van der Waals surface area (Å²) < 4.78 is 2.53. The van der Waals surface area contributed by atoms with E-state index in [0.717, 1.165) is 12.8 Å². The van der Waals surface area contributed by atoms with Crippen LogP contribution in [-0.4, -0.2) is 0 Å². The lowest BCUT2D eigenvalue weighted by Gasteiger charge is -2.36. The third-order valence-corrected chi connectivity index (χ3v) is 8.12. The first kappa shape index (κ1) is 17.5. The number of hydrogen-bond donors (Lipinski definition) is 0. The van der Waals surface area contributed by atoms with E-state index < -0.39 is 0 Å². The van der Waals surface area contributed by atoms with Crippen molar-refractivity contribution in [3.8, 4) is 11.1 Å². The molecule has 150 valence electrons. The molecule has 1 atom stereocenters. The summed E-state index contributed by atoms with van der Waals surface area (Å²) >= 11 is 0. The number of fused-ring (bicyclic) bond motifs is 8. The van der Waals surface area contributed by atoms with Crippen molar-refractivity contribution in [2.75, 3.05) is 0 Å². The van der Waals surface area contributed by atoms with E-state index >= 15 is 0 Å². The molecule has 1 aromatic heterocycles. The SMILES string of the molecule is Cc1c2c(c3c4c1C(C)(C)[n+]1ccccc1C4c1ccccc1-3)Cc1ccccc1C2. The maximum Gasteiger partial charge on any atom is 0.194 e. The van der Waals surface area contributed by atoms with Crippen molar-refractivity contribution in [2.45, 2.75) is 45.1 Å². The van der Waals surface area contributed by atoms with Crippen LogP contribution in [0.2, 0.25) is 0 Å². The molecule has 1 heteroatoms. The van der Waals surface area contributed by atoms with Crippen molar-refractivity contribution in [3.05, 3.63) is 123 Å². The fourth-order valence-electron chi connectivity index (χ4n) is 6.88. The van der Waals surface area contributed by atoms with Gasteiger partial charge in [-0.05, 0) is 69.8 Å². The lowest BCUT2D eigenvalue weighted by atomic mass is 9.70. The molecule has 1 aliphatic heterocycles. The van der Waals surface area contributed by atoms with Gasteiger partial charge in [0.1, 0.15) is 0 Å². The zero-order valence-corrected chi connectivity index (χ0v) is 18.4. The van der Waals surface area contributed by atoms with E-state index in [9.17, 15) is 0 Å². The van der Waals surface area contributed by atoms with Gasteiger partial charge in [-0.25, -0.2) is 0 Å².